The van der Waals surface area contributed by atoms with E-state index in [1.165, 1.54) is 0 Å². The molecular formula is C17H21ClN4O. The first-order valence-electron chi connectivity index (χ1n) is 7.94. The van der Waals surface area contributed by atoms with Gasteiger partial charge < -0.3 is 11.1 Å². The fourth-order valence-electron chi connectivity index (χ4n) is 2.90. The number of rotatable bonds is 4. The highest BCUT2D eigenvalue weighted by Gasteiger charge is 2.21. The number of nitrogens with one attached hydrogen (secondary N) is 1. The van der Waals surface area contributed by atoms with E-state index in [2.05, 4.69) is 10.4 Å². The van der Waals surface area contributed by atoms with Crippen molar-refractivity contribution < 1.29 is 4.79 Å². The molecule has 1 saturated carbocycles. The Morgan fingerprint density at radius 1 is 1.30 bits per heavy atom. The summed E-state index contributed by atoms with van der Waals surface area (Å²) < 4.78 is 1.73. The molecule has 0 saturated heterocycles. The van der Waals surface area contributed by atoms with Crippen molar-refractivity contribution in [2.24, 2.45) is 5.73 Å². The molecule has 1 amide bonds. The van der Waals surface area contributed by atoms with Crippen molar-refractivity contribution in [3.05, 3.63) is 52.8 Å². The maximum absolute atomic E-state index is 12.3. The van der Waals surface area contributed by atoms with E-state index < -0.39 is 0 Å². The van der Waals surface area contributed by atoms with Crippen molar-refractivity contribution in [1.82, 2.24) is 15.1 Å². The summed E-state index contributed by atoms with van der Waals surface area (Å²) in [5, 5.41) is 8.03. The second-order valence-electron chi connectivity index (χ2n) is 6.10. The molecule has 122 valence electrons. The van der Waals surface area contributed by atoms with Gasteiger partial charge in [-0.15, -0.1) is 0 Å². The number of carbonyl (C=O) groups is 1. The van der Waals surface area contributed by atoms with Crippen molar-refractivity contribution >= 4 is 17.5 Å². The molecule has 6 heteroatoms. The van der Waals surface area contributed by atoms with Crippen molar-refractivity contribution in [2.45, 2.75) is 44.3 Å². The van der Waals surface area contributed by atoms with Crippen LogP contribution in [0.4, 0.5) is 0 Å². The van der Waals surface area contributed by atoms with Crippen LogP contribution in [0.15, 0.2) is 36.7 Å². The third kappa shape index (κ3) is 4.12. The van der Waals surface area contributed by atoms with Crippen molar-refractivity contribution in [1.29, 1.82) is 0 Å². The molecule has 1 heterocycles. The van der Waals surface area contributed by atoms with E-state index in [0.717, 1.165) is 31.2 Å². The number of hydrogen-bond donors (Lipinski definition) is 2. The van der Waals surface area contributed by atoms with Crippen LogP contribution in [-0.4, -0.2) is 27.8 Å². The zero-order valence-electron chi connectivity index (χ0n) is 12.9. The van der Waals surface area contributed by atoms with Gasteiger partial charge in [-0.2, -0.15) is 5.10 Å². The standard InChI is InChI=1S/C17H21ClN4O/c18-16-4-2-1-3-12(16)10-22-11-13(9-20-22)17(23)21-15-7-5-14(19)6-8-15/h1-4,9,11,14-15H,5-8,10,19H2,(H,21,23). The van der Waals surface area contributed by atoms with Crippen LogP contribution >= 0.6 is 11.6 Å². The molecule has 0 atom stereocenters. The first-order valence-corrected chi connectivity index (χ1v) is 8.32. The van der Waals surface area contributed by atoms with E-state index >= 15 is 0 Å². The predicted octanol–water partition coefficient (Wildman–Crippen LogP) is 2.58. The molecule has 0 spiro atoms. The number of benzene rings is 1. The summed E-state index contributed by atoms with van der Waals surface area (Å²) in [5.41, 5.74) is 7.44. The second-order valence-corrected chi connectivity index (χ2v) is 6.51. The molecule has 5 nitrogen and oxygen atoms in total. The summed E-state index contributed by atoms with van der Waals surface area (Å²) >= 11 is 6.15. The van der Waals surface area contributed by atoms with E-state index in [4.69, 9.17) is 17.3 Å². The fourth-order valence-corrected chi connectivity index (χ4v) is 3.10. The number of nitrogens with zero attached hydrogens (tertiary/aromatic N) is 2. The minimum atomic E-state index is -0.0733. The van der Waals surface area contributed by atoms with E-state index in [-0.39, 0.29) is 18.0 Å². The minimum Gasteiger partial charge on any atom is -0.349 e. The van der Waals surface area contributed by atoms with Gasteiger partial charge in [-0.05, 0) is 37.3 Å². The molecule has 3 N–H and O–H groups in total. The van der Waals surface area contributed by atoms with Crippen LogP contribution in [0.2, 0.25) is 5.02 Å². The largest absolute Gasteiger partial charge is 0.349 e. The number of amides is 1. The van der Waals surface area contributed by atoms with Crippen molar-refractivity contribution in [2.75, 3.05) is 0 Å². The monoisotopic (exact) mass is 332 g/mol. The summed E-state index contributed by atoms with van der Waals surface area (Å²) in [4.78, 5) is 12.3. The molecule has 1 aromatic heterocycles. The lowest BCUT2D eigenvalue weighted by Crippen LogP contribution is -2.40. The molecular weight excluding hydrogens is 312 g/mol. The lowest BCUT2D eigenvalue weighted by atomic mass is 9.92. The summed E-state index contributed by atoms with van der Waals surface area (Å²) in [6.45, 7) is 0.547. The van der Waals surface area contributed by atoms with E-state index in [1.807, 2.05) is 24.3 Å². The van der Waals surface area contributed by atoms with Gasteiger partial charge in [-0.1, -0.05) is 29.8 Å². The number of carbonyl (C=O) groups excluding carboxylic acids is 1. The van der Waals surface area contributed by atoms with Crippen LogP contribution in [0.25, 0.3) is 0 Å². The van der Waals surface area contributed by atoms with Gasteiger partial charge >= 0.3 is 0 Å². The average Bonchev–Trinajstić information content (AvgIpc) is 3.01. The Bertz CT molecular complexity index is 677. The molecule has 1 aliphatic rings. The normalized spacial score (nSPS) is 21.1. The van der Waals surface area contributed by atoms with Crippen molar-refractivity contribution in [3.63, 3.8) is 0 Å². The Balaban J connectivity index is 1.60. The molecule has 1 fully saturated rings. The van der Waals surface area contributed by atoms with Crippen LogP contribution in [0.3, 0.4) is 0 Å². The summed E-state index contributed by atoms with van der Waals surface area (Å²) in [7, 11) is 0. The van der Waals surface area contributed by atoms with Gasteiger partial charge in [0.2, 0.25) is 0 Å². The zero-order valence-corrected chi connectivity index (χ0v) is 13.7. The maximum atomic E-state index is 12.3. The molecule has 23 heavy (non-hydrogen) atoms. The van der Waals surface area contributed by atoms with Gasteiger partial charge in [-0.25, -0.2) is 0 Å². The van der Waals surface area contributed by atoms with Gasteiger partial charge in [0.15, 0.2) is 0 Å². The highest BCUT2D eigenvalue weighted by Crippen LogP contribution is 2.18. The quantitative estimate of drug-likeness (QED) is 0.903. The van der Waals surface area contributed by atoms with Crippen LogP contribution in [0, 0.1) is 0 Å². The van der Waals surface area contributed by atoms with Crippen LogP contribution < -0.4 is 11.1 Å². The highest BCUT2D eigenvalue weighted by atomic mass is 35.5. The molecule has 2 aromatic rings. The average molecular weight is 333 g/mol. The van der Waals surface area contributed by atoms with E-state index in [0.29, 0.717) is 17.1 Å². The Hall–Kier alpha value is -1.85. The number of aromatic nitrogens is 2. The van der Waals surface area contributed by atoms with Gasteiger partial charge in [0.05, 0.1) is 18.3 Å². The molecule has 0 radical (unpaired) electrons. The fraction of sp³-hybridized carbons (Fsp3) is 0.412. The Morgan fingerprint density at radius 3 is 2.78 bits per heavy atom. The minimum absolute atomic E-state index is 0.0733. The van der Waals surface area contributed by atoms with Crippen LogP contribution in [-0.2, 0) is 6.54 Å². The second kappa shape index (κ2) is 7.15. The van der Waals surface area contributed by atoms with Crippen LogP contribution in [0.5, 0.6) is 0 Å². The number of hydrogen-bond acceptors (Lipinski definition) is 3. The summed E-state index contributed by atoms with van der Waals surface area (Å²) in [6, 6.07) is 8.13. The third-order valence-electron chi connectivity index (χ3n) is 4.29. The third-order valence-corrected chi connectivity index (χ3v) is 4.66. The van der Waals surface area contributed by atoms with E-state index in [9.17, 15) is 4.79 Å². The number of nitrogens with two attached hydrogens (primary N) is 1. The molecule has 3 rings (SSSR count). The topological polar surface area (TPSA) is 72.9 Å². The molecule has 0 unspecified atom stereocenters. The van der Waals surface area contributed by atoms with Crippen molar-refractivity contribution in [3.8, 4) is 0 Å². The molecule has 0 aliphatic heterocycles. The zero-order chi connectivity index (χ0) is 16.2. The Labute approximate surface area is 140 Å². The smallest absolute Gasteiger partial charge is 0.254 e. The number of halogens is 1. The Kier molecular flexibility index (Phi) is 4.98. The summed E-state index contributed by atoms with van der Waals surface area (Å²) in [5.74, 6) is -0.0733. The molecule has 0 bridgehead atoms. The Morgan fingerprint density at radius 2 is 2.04 bits per heavy atom. The van der Waals surface area contributed by atoms with Gasteiger partial charge in [0.25, 0.3) is 5.91 Å². The maximum Gasteiger partial charge on any atom is 0.254 e. The van der Waals surface area contributed by atoms with Gasteiger partial charge in [0.1, 0.15) is 0 Å². The van der Waals surface area contributed by atoms with Crippen LogP contribution in [0.1, 0.15) is 41.6 Å². The van der Waals surface area contributed by atoms with Gasteiger partial charge in [0, 0.05) is 23.3 Å². The van der Waals surface area contributed by atoms with E-state index in [1.54, 1.807) is 17.1 Å². The molecule has 1 aliphatic carbocycles. The first-order chi connectivity index (χ1) is 11.1. The summed E-state index contributed by atoms with van der Waals surface area (Å²) in [6.07, 6.45) is 7.18. The predicted molar refractivity (Wildman–Crippen MR) is 90.5 cm³/mol. The molecule has 1 aromatic carbocycles. The SMILES string of the molecule is NC1CCC(NC(=O)c2cnn(Cc3ccccc3Cl)c2)CC1. The first kappa shape index (κ1) is 16.0. The highest BCUT2D eigenvalue weighted by molar-refractivity contribution is 6.31. The van der Waals surface area contributed by atoms with Gasteiger partial charge in [-0.3, -0.25) is 9.48 Å². The lowest BCUT2D eigenvalue weighted by molar-refractivity contribution is 0.0926. The lowest BCUT2D eigenvalue weighted by Gasteiger charge is -2.26.